The zero-order valence-electron chi connectivity index (χ0n) is 13.6. The Morgan fingerprint density at radius 3 is 2.09 bits per heavy atom. The summed E-state index contributed by atoms with van der Waals surface area (Å²) in [4.78, 5) is 11.9. The molecule has 23 heavy (non-hydrogen) atoms. The molecule has 5 heteroatoms. The molecule has 0 aromatic heterocycles. The van der Waals surface area contributed by atoms with E-state index in [4.69, 9.17) is 9.47 Å². The molecule has 0 fully saturated rings. The van der Waals surface area contributed by atoms with Gasteiger partial charge in [0.1, 0.15) is 11.5 Å². The lowest BCUT2D eigenvalue weighted by molar-refractivity contribution is -0.114. The van der Waals surface area contributed by atoms with Gasteiger partial charge in [-0.1, -0.05) is 0 Å². The average molecular weight is 314 g/mol. The molecule has 2 aromatic carbocycles. The zero-order valence-corrected chi connectivity index (χ0v) is 13.6. The molecule has 2 N–H and O–H groups in total. The molecule has 5 nitrogen and oxygen atoms in total. The topological polar surface area (TPSA) is 59.6 Å². The molecule has 1 amide bonds. The van der Waals surface area contributed by atoms with Gasteiger partial charge in [-0.2, -0.15) is 0 Å². The molecular weight excluding hydrogens is 292 g/mol. The molecule has 122 valence electrons. The van der Waals surface area contributed by atoms with E-state index in [0.29, 0.717) is 0 Å². The lowest BCUT2D eigenvalue weighted by atomic mass is 10.3. The van der Waals surface area contributed by atoms with Crippen molar-refractivity contribution in [2.45, 2.75) is 20.0 Å². The predicted octanol–water partition coefficient (Wildman–Crippen LogP) is 3.53. The zero-order chi connectivity index (χ0) is 16.7. The van der Waals surface area contributed by atoms with Crippen molar-refractivity contribution in [2.24, 2.45) is 0 Å². The molecule has 2 aromatic rings. The van der Waals surface area contributed by atoms with E-state index in [1.807, 2.05) is 38.1 Å². The van der Waals surface area contributed by atoms with Crippen LogP contribution < -0.4 is 20.1 Å². The van der Waals surface area contributed by atoms with E-state index < -0.39 is 0 Å². The standard InChI is InChI=1S/C18H22N2O3/c1-13(2)23-17-10-4-14(5-11-17)19-12-18(21)20-15-6-8-16(22-3)9-7-15/h4-11,13,19H,12H2,1-3H3,(H,20,21). The van der Waals surface area contributed by atoms with Crippen molar-refractivity contribution in [3.8, 4) is 11.5 Å². The summed E-state index contributed by atoms with van der Waals surface area (Å²) in [6, 6.07) is 14.7. The molecule has 0 radical (unpaired) electrons. The van der Waals surface area contributed by atoms with Gasteiger partial charge in [-0.05, 0) is 62.4 Å². The number of carbonyl (C=O) groups is 1. The summed E-state index contributed by atoms with van der Waals surface area (Å²) in [6.07, 6.45) is 0.143. The van der Waals surface area contributed by atoms with Crippen LogP contribution in [0.4, 0.5) is 11.4 Å². The second kappa shape index (κ2) is 8.08. The molecule has 0 bridgehead atoms. The number of amides is 1. The summed E-state index contributed by atoms with van der Waals surface area (Å²) in [5.41, 5.74) is 1.60. The molecule has 0 saturated heterocycles. The maximum absolute atomic E-state index is 11.9. The minimum atomic E-state index is -0.113. The van der Waals surface area contributed by atoms with Crippen LogP contribution in [0.25, 0.3) is 0 Å². The number of anilines is 2. The quantitative estimate of drug-likeness (QED) is 0.821. The highest BCUT2D eigenvalue weighted by Gasteiger charge is 2.03. The van der Waals surface area contributed by atoms with Crippen LogP contribution in [0.5, 0.6) is 11.5 Å². The number of methoxy groups -OCH3 is 1. The minimum absolute atomic E-state index is 0.113. The third kappa shape index (κ3) is 5.54. The summed E-state index contributed by atoms with van der Waals surface area (Å²) in [5, 5.41) is 5.89. The third-order valence-corrected chi connectivity index (χ3v) is 3.05. The normalized spacial score (nSPS) is 10.3. The van der Waals surface area contributed by atoms with Gasteiger partial charge < -0.3 is 20.1 Å². The van der Waals surface area contributed by atoms with Crippen molar-refractivity contribution >= 4 is 17.3 Å². The van der Waals surface area contributed by atoms with Crippen molar-refractivity contribution in [3.63, 3.8) is 0 Å². The van der Waals surface area contributed by atoms with E-state index in [2.05, 4.69) is 10.6 Å². The second-order valence-electron chi connectivity index (χ2n) is 5.32. The maximum atomic E-state index is 11.9. The molecule has 0 heterocycles. The second-order valence-corrected chi connectivity index (χ2v) is 5.32. The molecular formula is C18H22N2O3. The first-order valence-electron chi connectivity index (χ1n) is 7.51. The Morgan fingerprint density at radius 2 is 1.52 bits per heavy atom. The summed E-state index contributed by atoms with van der Waals surface area (Å²) in [5.74, 6) is 1.45. The molecule has 0 spiro atoms. The van der Waals surface area contributed by atoms with E-state index >= 15 is 0 Å². The van der Waals surface area contributed by atoms with Gasteiger partial charge in [-0.3, -0.25) is 4.79 Å². The van der Waals surface area contributed by atoms with E-state index in [0.717, 1.165) is 22.9 Å². The first kappa shape index (κ1) is 16.7. The monoisotopic (exact) mass is 314 g/mol. The van der Waals surface area contributed by atoms with Crippen LogP contribution in [-0.2, 0) is 4.79 Å². The smallest absolute Gasteiger partial charge is 0.243 e. The predicted molar refractivity (Wildman–Crippen MR) is 92.3 cm³/mol. The van der Waals surface area contributed by atoms with Crippen molar-refractivity contribution in [1.82, 2.24) is 0 Å². The van der Waals surface area contributed by atoms with Gasteiger partial charge in [0.2, 0.25) is 5.91 Å². The largest absolute Gasteiger partial charge is 0.497 e. The van der Waals surface area contributed by atoms with Crippen LogP contribution in [0, 0.1) is 0 Å². The third-order valence-electron chi connectivity index (χ3n) is 3.05. The van der Waals surface area contributed by atoms with E-state index in [1.54, 1.807) is 31.4 Å². The Labute approximate surface area is 136 Å². The maximum Gasteiger partial charge on any atom is 0.243 e. The van der Waals surface area contributed by atoms with Gasteiger partial charge in [0.15, 0.2) is 0 Å². The van der Waals surface area contributed by atoms with Crippen molar-refractivity contribution < 1.29 is 14.3 Å². The van der Waals surface area contributed by atoms with Crippen molar-refractivity contribution in [2.75, 3.05) is 24.3 Å². The average Bonchev–Trinajstić information content (AvgIpc) is 2.54. The minimum Gasteiger partial charge on any atom is -0.497 e. The lowest BCUT2D eigenvalue weighted by Gasteiger charge is -2.11. The number of rotatable bonds is 7. The first-order valence-corrected chi connectivity index (χ1v) is 7.51. The highest BCUT2D eigenvalue weighted by atomic mass is 16.5. The van der Waals surface area contributed by atoms with Gasteiger partial charge in [-0.25, -0.2) is 0 Å². The number of carbonyl (C=O) groups excluding carboxylic acids is 1. The fraction of sp³-hybridized carbons (Fsp3) is 0.278. The van der Waals surface area contributed by atoms with E-state index in [-0.39, 0.29) is 18.6 Å². The molecule has 2 rings (SSSR count). The highest BCUT2D eigenvalue weighted by Crippen LogP contribution is 2.17. The summed E-state index contributed by atoms with van der Waals surface area (Å²) >= 11 is 0. The van der Waals surface area contributed by atoms with E-state index in [1.165, 1.54) is 0 Å². The van der Waals surface area contributed by atoms with Gasteiger partial charge >= 0.3 is 0 Å². The van der Waals surface area contributed by atoms with Crippen LogP contribution in [-0.4, -0.2) is 25.7 Å². The summed E-state index contributed by atoms with van der Waals surface area (Å²) < 4.78 is 10.7. The first-order chi connectivity index (χ1) is 11.1. The van der Waals surface area contributed by atoms with Gasteiger partial charge in [0.05, 0.1) is 19.8 Å². The number of nitrogens with one attached hydrogen (secondary N) is 2. The Hall–Kier alpha value is -2.69. The summed E-state index contributed by atoms with van der Waals surface area (Å²) in [6.45, 7) is 4.15. The Kier molecular flexibility index (Phi) is 5.86. The number of benzene rings is 2. The lowest BCUT2D eigenvalue weighted by Crippen LogP contribution is -2.21. The van der Waals surface area contributed by atoms with Gasteiger partial charge in [0.25, 0.3) is 0 Å². The van der Waals surface area contributed by atoms with E-state index in [9.17, 15) is 4.79 Å². The molecule has 0 aliphatic heterocycles. The molecule has 0 aliphatic rings. The van der Waals surface area contributed by atoms with Gasteiger partial charge in [-0.15, -0.1) is 0 Å². The van der Waals surface area contributed by atoms with Crippen LogP contribution in [0.3, 0.4) is 0 Å². The molecule has 0 aliphatic carbocycles. The van der Waals surface area contributed by atoms with Gasteiger partial charge in [0, 0.05) is 11.4 Å². The van der Waals surface area contributed by atoms with Crippen LogP contribution in [0.2, 0.25) is 0 Å². The number of hydrogen-bond donors (Lipinski definition) is 2. The van der Waals surface area contributed by atoms with Crippen LogP contribution in [0.15, 0.2) is 48.5 Å². The highest BCUT2D eigenvalue weighted by molar-refractivity contribution is 5.93. The Bertz CT molecular complexity index is 622. The number of ether oxygens (including phenoxy) is 2. The van der Waals surface area contributed by atoms with Crippen LogP contribution in [0.1, 0.15) is 13.8 Å². The molecule has 0 unspecified atom stereocenters. The fourth-order valence-electron chi connectivity index (χ4n) is 1.99. The number of hydrogen-bond acceptors (Lipinski definition) is 4. The Morgan fingerprint density at radius 1 is 0.957 bits per heavy atom. The molecule has 0 saturated carbocycles. The fourth-order valence-corrected chi connectivity index (χ4v) is 1.99. The summed E-state index contributed by atoms with van der Waals surface area (Å²) in [7, 11) is 1.61. The molecule has 0 atom stereocenters. The van der Waals surface area contributed by atoms with Crippen molar-refractivity contribution in [1.29, 1.82) is 0 Å². The SMILES string of the molecule is COc1ccc(NC(=O)CNc2ccc(OC(C)C)cc2)cc1. The Balaban J connectivity index is 1.81. The van der Waals surface area contributed by atoms with Crippen molar-refractivity contribution in [3.05, 3.63) is 48.5 Å². The van der Waals surface area contributed by atoms with Crippen LogP contribution >= 0.6 is 0 Å².